The number of aryl methyl sites for hydroxylation is 1. The fourth-order valence-electron chi connectivity index (χ4n) is 1.51. The molecule has 0 unspecified atom stereocenters. The van der Waals surface area contributed by atoms with Crippen LogP contribution in [-0.4, -0.2) is 14.3 Å². The van der Waals surface area contributed by atoms with Crippen molar-refractivity contribution in [3.05, 3.63) is 29.8 Å². The maximum Gasteiger partial charge on any atom is 0.242 e. The Morgan fingerprint density at radius 1 is 1.33 bits per heavy atom. The van der Waals surface area contributed by atoms with Crippen LogP contribution in [0, 0.1) is 6.92 Å². The Bertz CT molecular complexity index is 559. The third kappa shape index (κ3) is 2.38. The topological polar surface area (TPSA) is 69.1 Å². The van der Waals surface area contributed by atoms with E-state index in [4.69, 9.17) is 8.94 Å². The summed E-state index contributed by atoms with van der Waals surface area (Å²) in [5, 5.41) is 3.53. The number of hydrogen-bond donors (Lipinski definition) is 0. The molecule has 0 aliphatic carbocycles. The molecule has 2 heterocycles. The summed E-state index contributed by atoms with van der Waals surface area (Å²) in [7, 11) is -1.25. The molecule has 0 saturated heterocycles. The van der Waals surface area contributed by atoms with Crippen LogP contribution in [0.25, 0.3) is 0 Å². The van der Waals surface area contributed by atoms with Crippen LogP contribution in [-0.2, 0) is 10.8 Å². The molecule has 0 saturated carbocycles. The largest absolute Gasteiger partial charge is 0.468 e. The van der Waals surface area contributed by atoms with Crippen LogP contribution in [0.5, 0.6) is 0 Å². The maximum atomic E-state index is 12.3. The fourth-order valence-corrected chi connectivity index (χ4v) is 2.69. The van der Waals surface area contributed by atoms with Crippen molar-refractivity contribution in [1.82, 2.24) is 10.1 Å². The summed E-state index contributed by atoms with van der Waals surface area (Å²) < 4.78 is 22.6. The first kappa shape index (κ1) is 13.0. The van der Waals surface area contributed by atoms with Gasteiger partial charge in [-0.05, 0) is 19.9 Å². The Morgan fingerprint density at radius 3 is 2.56 bits per heavy atom. The minimum Gasteiger partial charge on any atom is -0.468 e. The van der Waals surface area contributed by atoms with E-state index in [1.54, 1.807) is 19.9 Å². The van der Waals surface area contributed by atoms with Crippen LogP contribution in [0.4, 0.5) is 0 Å². The molecule has 2 aromatic rings. The van der Waals surface area contributed by atoms with Gasteiger partial charge in [0.2, 0.25) is 5.89 Å². The first-order valence-corrected chi connectivity index (χ1v) is 7.00. The summed E-state index contributed by atoms with van der Waals surface area (Å²) in [6.45, 7) is 7.56. The zero-order valence-corrected chi connectivity index (χ0v) is 11.7. The Morgan fingerprint density at radius 2 is 2.06 bits per heavy atom. The minimum absolute atomic E-state index is 0.193. The van der Waals surface area contributed by atoms with E-state index in [9.17, 15) is 4.21 Å². The molecule has 0 amide bonds. The molecule has 2 atom stereocenters. The van der Waals surface area contributed by atoms with E-state index in [1.807, 2.05) is 13.8 Å². The lowest BCUT2D eigenvalue weighted by Crippen LogP contribution is -2.04. The van der Waals surface area contributed by atoms with Crippen molar-refractivity contribution in [2.45, 2.75) is 43.8 Å². The highest BCUT2D eigenvalue weighted by atomic mass is 32.2. The van der Waals surface area contributed by atoms with Crippen molar-refractivity contribution in [3.63, 3.8) is 0 Å². The third-order valence-corrected chi connectivity index (χ3v) is 4.37. The third-order valence-electron chi connectivity index (χ3n) is 2.67. The van der Waals surface area contributed by atoms with Crippen molar-refractivity contribution in [2.24, 2.45) is 0 Å². The second-order valence-corrected chi connectivity index (χ2v) is 6.17. The zero-order valence-electron chi connectivity index (χ0n) is 10.8. The molecule has 2 rings (SSSR count). The van der Waals surface area contributed by atoms with Gasteiger partial charge < -0.3 is 8.94 Å². The lowest BCUT2D eigenvalue weighted by Gasteiger charge is -2.05. The molecule has 0 aliphatic heterocycles. The normalized spacial score (nSPS) is 14.9. The van der Waals surface area contributed by atoms with Crippen LogP contribution in [0.1, 0.15) is 49.4 Å². The molecule has 0 N–H and O–H groups in total. The van der Waals surface area contributed by atoms with Gasteiger partial charge in [0.05, 0.1) is 22.0 Å². The van der Waals surface area contributed by atoms with E-state index in [0.717, 1.165) is 0 Å². The number of rotatable bonds is 4. The van der Waals surface area contributed by atoms with Crippen molar-refractivity contribution in [2.75, 3.05) is 0 Å². The number of aromatic nitrogens is 2. The molecule has 5 nitrogen and oxygen atoms in total. The summed E-state index contributed by atoms with van der Waals surface area (Å²) in [5.74, 6) is 1.89. The molecule has 18 heavy (non-hydrogen) atoms. The number of hydrogen-bond acceptors (Lipinski definition) is 5. The molecule has 6 heteroatoms. The maximum absolute atomic E-state index is 12.3. The Kier molecular flexibility index (Phi) is 3.65. The molecule has 0 bridgehead atoms. The summed E-state index contributed by atoms with van der Waals surface area (Å²) in [6.07, 6.45) is 1.53. The first-order chi connectivity index (χ1) is 8.50. The quantitative estimate of drug-likeness (QED) is 0.852. The van der Waals surface area contributed by atoms with Gasteiger partial charge in [0.15, 0.2) is 5.82 Å². The summed E-state index contributed by atoms with van der Waals surface area (Å²) in [6, 6.07) is 1.71. The van der Waals surface area contributed by atoms with Crippen LogP contribution in [0.15, 0.2) is 26.2 Å². The molecule has 0 aliphatic rings. The van der Waals surface area contributed by atoms with Crippen molar-refractivity contribution < 1.29 is 13.1 Å². The highest BCUT2D eigenvalue weighted by molar-refractivity contribution is 7.85. The lowest BCUT2D eigenvalue weighted by atomic mass is 10.2. The predicted molar refractivity (Wildman–Crippen MR) is 66.7 cm³/mol. The van der Waals surface area contributed by atoms with E-state index >= 15 is 0 Å². The summed E-state index contributed by atoms with van der Waals surface area (Å²) in [4.78, 5) is 4.94. The molecule has 0 spiro atoms. The predicted octanol–water partition coefficient (Wildman–Crippen LogP) is 2.96. The van der Waals surface area contributed by atoms with Gasteiger partial charge in [-0.1, -0.05) is 19.0 Å². The number of furan rings is 1. The van der Waals surface area contributed by atoms with Gasteiger partial charge in [-0.2, -0.15) is 4.98 Å². The Labute approximate surface area is 108 Å². The van der Waals surface area contributed by atoms with Gasteiger partial charge in [0.25, 0.3) is 0 Å². The summed E-state index contributed by atoms with van der Waals surface area (Å²) in [5.41, 5.74) is 0. The lowest BCUT2D eigenvalue weighted by molar-refractivity contribution is 0.371. The fraction of sp³-hybridized carbons (Fsp3) is 0.500. The first-order valence-electron chi connectivity index (χ1n) is 5.79. The monoisotopic (exact) mass is 268 g/mol. The van der Waals surface area contributed by atoms with E-state index in [1.165, 1.54) is 6.26 Å². The SMILES string of the molecule is Cc1occc1[S@@](=O)[C@@H](C)c1nc(C(C)C)no1. The average Bonchev–Trinajstić information content (AvgIpc) is 2.95. The second kappa shape index (κ2) is 5.06. The van der Waals surface area contributed by atoms with E-state index in [-0.39, 0.29) is 11.2 Å². The van der Waals surface area contributed by atoms with Crippen LogP contribution >= 0.6 is 0 Å². The smallest absolute Gasteiger partial charge is 0.242 e. The van der Waals surface area contributed by atoms with Crippen molar-refractivity contribution in [3.8, 4) is 0 Å². The molecule has 0 fully saturated rings. The van der Waals surface area contributed by atoms with Gasteiger partial charge in [0, 0.05) is 5.92 Å². The second-order valence-electron chi connectivity index (χ2n) is 4.43. The molecule has 0 radical (unpaired) electrons. The van der Waals surface area contributed by atoms with Gasteiger partial charge >= 0.3 is 0 Å². The van der Waals surface area contributed by atoms with Crippen molar-refractivity contribution >= 4 is 10.8 Å². The molecular formula is C12H16N2O3S. The Hall–Kier alpha value is -1.43. The standard InChI is InChI=1S/C12H16N2O3S/c1-7(2)11-13-12(17-14-11)9(4)18(15)10-5-6-16-8(10)3/h5-7,9H,1-4H3/t9-,18-/m0/s1. The molecule has 2 aromatic heterocycles. The molecule has 0 aromatic carbocycles. The average molecular weight is 268 g/mol. The number of nitrogens with zero attached hydrogens (tertiary/aromatic N) is 2. The minimum atomic E-state index is -1.25. The summed E-state index contributed by atoms with van der Waals surface area (Å²) >= 11 is 0. The zero-order chi connectivity index (χ0) is 13.3. The van der Waals surface area contributed by atoms with Gasteiger partial charge in [-0.25, -0.2) is 0 Å². The highest BCUT2D eigenvalue weighted by Gasteiger charge is 2.24. The van der Waals surface area contributed by atoms with Crippen LogP contribution < -0.4 is 0 Å². The Balaban J connectivity index is 2.23. The van der Waals surface area contributed by atoms with Crippen molar-refractivity contribution in [1.29, 1.82) is 0 Å². The van der Waals surface area contributed by atoms with Crippen LogP contribution in [0.3, 0.4) is 0 Å². The van der Waals surface area contributed by atoms with Crippen LogP contribution in [0.2, 0.25) is 0 Å². The van der Waals surface area contributed by atoms with E-state index in [0.29, 0.717) is 22.4 Å². The molecular weight excluding hydrogens is 252 g/mol. The van der Waals surface area contributed by atoms with E-state index in [2.05, 4.69) is 10.1 Å². The van der Waals surface area contributed by atoms with E-state index < -0.39 is 10.8 Å². The highest BCUT2D eigenvalue weighted by Crippen LogP contribution is 2.26. The van der Waals surface area contributed by atoms with Gasteiger partial charge in [-0.3, -0.25) is 4.21 Å². The van der Waals surface area contributed by atoms with Gasteiger partial charge in [-0.15, -0.1) is 0 Å². The van der Waals surface area contributed by atoms with Gasteiger partial charge in [0.1, 0.15) is 11.0 Å². The molecule has 98 valence electrons.